The molecule has 0 atom stereocenters. The molecule has 2 rings (SSSR count). The third-order valence-electron chi connectivity index (χ3n) is 3.06. The number of anilines is 1. The number of amides is 1. The molecule has 2 N–H and O–H groups in total. The van der Waals surface area contributed by atoms with Crippen molar-refractivity contribution in [1.29, 1.82) is 0 Å². The molecule has 126 valence electrons. The van der Waals surface area contributed by atoms with Crippen molar-refractivity contribution < 1.29 is 19.4 Å². The number of nitrogens with one attached hydrogen (secondary N) is 1. The first-order valence-electron chi connectivity index (χ1n) is 7.43. The van der Waals surface area contributed by atoms with Crippen LogP contribution in [0, 0.1) is 0 Å². The van der Waals surface area contributed by atoms with Crippen molar-refractivity contribution in [2.45, 2.75) is 13.8 Å². The van der Waals surface area contributed by atoms with E-state index < -0.39 is 5.97 Å². The topological polar surface area (TPSA) is 75.6 Å². The molecular formula is C18H19NO4S. The van der Waals surface area contributed by atoms with E-state index in [9.17, 15) is 9.59 Å². The summed E-state index contributed by atoms with van der Waals surface area (Å²) in [6.45, 7) is 3.29. The molecule has 1 aromatic heterocycles. The highest BCUT2D eigenvalue weighted by molar-refractivity contribution is 7.15. The average molecular weight is 345 g/mol. The fraction of sp³-hybridized carbons (Fsp3) is 0.222. The Hall–Kier alpha value is -2.44. The lowest BCUT2D eigenvalue weighted by atomic mass is 10.0. The Bertz CT molecular complexity index is 746. The molecule has 0 aliphatic rings. The monoisotopic (exact) mass is 345 g/mol. The highest BCUT2D eigenvalue weighted by Crippen LogP contribution is 2.36. The van der Waals surface area contributed by atoms with Crippen molar-refractivity contribution in [1.82, 2.24) is 0 Å². The first-order chi connectivity index (χ1) is 11.5. The molecule has 0 saturated heterocycles. The molecule has 0 fully saturated rings. The Kier molecular flexibility index (Phi) is 6.28. The fourth-order valence-electron chi connectivity index (χ4n) is 2.10. The van der Waals surface area contributed by atoms with Crippen molar-refractivity contribution in [2.24, 2.45) is 0 Å². The Morgan fingerprint density at radius 2 is 1.96 bits per heavy atom. The second-order valence-electron chi connectivity index (χ2n) is 5.29. The van der Waals surface area contributed by atoms with Crippen molar-refractivity contribution in [2.75, 3.05) is 18.5 Å². The van der Waals surface area contributed by atoms with E-state index in [2.05, 4.69) is 5.32 Å². The molecule has 1 amide bonds. The standard InChI is InChI=1S/C18H19NO4S/c1-12(2)10-15(21)19-17-16(18(22)23-9-8-20)14(11-24-17)13-6-4-3-5-7-13/h3-7,10-11,20H,8-9H2,1-2H3,(H,19,21). The molecular weight excluding hydrogens is 326 g/mol. The van der Waals surface area contributed by atoms with Gasteiger partial charge in [0.1, 0.15) is 17.2 Å². The number of aliphatic hydroxyl groups excluding tert-OH is 1. The largest absolute Gasteiger partial charge is 0.460 e. The maximum absolute atomic E-state index is 12.4. The van der Waals surface area contributed by atoms with Crippen LogP contribution < -0.4 is 5.32 Å². The van der Waals surface area contributed by atoms with E-state index in [4.69, 9.17) is 9.84 Å². The third kappa shape index (κ3) is 4.53. The maximum atomic E-state index is 12.4. The Balaban J connectivity index is 2.40. The van der Waals surface area contributed by atoms with E-state index in [0.29, 0.717) is 16.1 Å². The number of carbonyl (C=O) groups excluding carboxylic acids is 2. The van der Waals surface area contributed by atoms with E-state index in [-0.39, 0.29) is 19.1 Å². The number of carbonyl (C=O) groups is 2. The van der Waals surface area contributed by atoms with Crippen LogP contribution in [0.2, 0.25) is 0 Å². The highest BCUT2D eigenvalue weighted by Gasteiger charge is 2.22. The number of benzene rings is 1. The summed E-state index contributed by atoms with van der Waals surface area (Å²) in [6.07, 6.45) is 1.46. The number of rotatable bonds is 6. The van der Waals surface area contributed by atoms with Crippen LogP contribution in [0.15, 0.2) is 47.4 Å². The van der Waals surface area contributed by atoms with Crippen LogP contribution in [0.3, 0.4) is 0 Å². The number of allylic oxidation sites excluding steroid dienone is 1. The van der Waals surface area contributed by atoms with Gasteiger partial charge in [0.2, 0.25) is 5.91 Å². The molecule has 24 heavy (non-hydrogen) atoms. The van der Waals surface area contributed by atoms with Gasteiger partial charge < -0.3 is 15.2 Å². The van der Waals surface area contributed by atoms with E-state index in [1.54, 1.807) is 0 Å². The second kappa shape index (κ2) is 8.42. The quantitative estimate of drug-likeness (QED) is 0.621. The van der Waals surface area contributed by atoms with Gasteiger partial charge in [0.05, 0.1) is 6.61 Å². The Morgan fingerprint density at radius 1 is 1.25 bits per heavy atom. The zero-order valence-corrected chi connectivity index (χ0v) is 14.4. The fourth-order valence-corrected chi connectivity index (χ4v) is 3.06. The van der Waals surface area contributed by atoms with E-state index in [1.807, 2.05) is 49.6 Å². The van der Waals surface area contributed by atoms with Crippen molar-refractivity contribution >= 4 is 28.2 Å². The van der Waals surface area contributed by atoms with Crippen molar-refractivity contribution in [3.05, 3.63) is 52.9 Å². The van der Waals surface area contributed by atoms with Crippen molar-refractivity contribution in [3.8, 4) is 11.1 Å². The SMILES string of the molecule is CC(C)=CC(=O)Nc1scc(-c2ccccc2)c1C(=O)OCCO. The van der Waals surface area contributed by atoms with E-state index in [1.165, 1.54) is 17.4 Å². The van der Waals surface area contributed by atoms with Gasteiger partial charge in [-0.1, -0.05) is 35.9 Å². The molecule has 0 aliphatic carbocycles. The van der Waals surface area contributed by atoms with Crippen LogP contribution in [-0.4, -0.2) is 30.2 Å². The second-order valence-corrected chi connectivity index (χ2v) is 6.17. The molecule has 0 aliphatic heterocycles. The maximum Gasteiger partial charge on any atom is 0.341 e. The molecule has 0 radical (unpaired) electrons. The van der Waals surface area contributed by atoms with Gasteiger partial charge in [-0.3, -0.25) is 4.79 Å². The average Bonchev–Trinajstić information content (AvgIpc) is 2.96. The summed E-state index contributed by atoms with van der Waals surface area (Å²) < 4.78 is 5.05. The van der Waals surface area contributed by atoms with Gasteiger partial charge in [-0.05, 0) is 19.4 Å². The number of thiophene rings is 1. The number of aliphatic hydroxyl groups is 1. The van der Waals surface area contributed by atoms with Gasteiger partial charge in [0.15, 0.2) is 0 Å². The summed E-state index contributed by atoms with van der Waals surface area (Å²) in [6, 6.07) is 9.39. The molecule has 6 heteroatoms. The lowest BCUT2D eigenvalue weighted by Crippen LogP contribution is -2.14. The Morgan fingerprint density at radius 3 is 2.58 bits per heavy atom. The Labute approximate surface area is 144 Å². The predicted molar refractivity (Wildman–Crippen MR) is 95.2 cm³/mol. The summed E-state index contributed by atoms with van der Waals surface area (Å²) >= 11 is 1.26. The summed E-state index contributed by atoms with van der Waals surface area (Å²) in [4.78, 5) is 24.4. The van der Waals surface area contributed by atoms with E-state index in [0.717, 1.165) is 11.1 Å². The number of hydrogen-bond acceptors (Lipinski definition) is 5. The summed E-state index contributed by atoms with van der Waals surface area (Å²) in [5, 5.41) is 13.8. The van der Waals surface area contributed by atoms with Crippen LogP contribution in [0.4, 0.5) is 5.00 Å². The number of ether oxygens (including phenoxy) is 1. The molecule has 5 nitrogen and oxygen atoms in total. The zero-order valence-electron chi connectivity index (χ0n) is 13.5. The highest BCUT2D eigenvalue weighted by atomic mass is 32.1. The van der Waals surface area contributed by atoms with E-state index >= 15 is 0 Å². The first-order valence-corrected chi connectivity index (χ1v) is 8.31. The summed E-state index contributed by atoms with van der Waals surface area (Å²) in [5.74, 6) is -0.871. The lowest BCUT2D eigenvalue weighted by molar-refractivity contribution is -0.111. The van der Waals surface area contributed by atoms with Gasteiger partial charge in [0.25, 0.3) is 0 Å². The van der Waals surface area contributed by atoms with Gasteiger partial charge in [0, 0.05) is 17.0 Å². The first kappa shape index (κ1) is 17.9. The minimum atomic E-state index is -0.573. The van der Waals surface area contributed by atoms with Crippen LogP contribution >= 0.6 is 11.3 Å². The van der Waals surface area contributed by atoms with Gasteiger partial charge >= 0.3 is 5.97 Å². The zero-order chi connectivity index (χ0) is 17.5. The molecule has 0 spiro atoms. The molecule has 0 bridgehead atoms. The lowest BCUT2D eigenvalue weighted by Gasteiger charge is -2.08. The van der Waals surface area contributed by atoms with Gasteiger partial charge in [-0.25, -0.2) is 4.79 Å². The van der Waals surface area contributed by atoms with Crippen molar-refractivity contribution in [3.63, 3.8) is 0 Å². The number of esters is 1. The minimum Gasteiger partial charge on any atom is -0.460 e. The van der Waals surface area contributed by atoms with Crippen LogP contribution in [0.25, 0.3) is 11.1 Å². The van der Waals surface area contributed by atoms with Crippen LogP contribution in [0.5, 0.6) is 0 Å². The van der Waals surface area contributed by atoms with Crippen LogP contribution in [0.1, 0.15) is 24.2 Å². The summed E-state index contributed by atoms with van der Waals surface area (Å²) in [5.41, 5.74) is 2.70. The molecule has 2 aromatic rings. The van der Waals surface area contributed by atoms with Gasteiger partial charge in [-0.2, -0.15) is 0 Å². The smallest absolute Gasteiger partial charge is 0.341 e. The molecule has 0 saturated carbocycles. The minimum absolute atomic E-state index is 0.0930. The normalized spacial score (nSPS) is 10.1. The van der Waals surface area contributed by atoms with Gasteiger partial charge in [-0.15, -0.1) is 11.3 Å². The predicted octanol–water partition coefficient (Wildman–Crippen LogP) is 3.47. The molecule has 1 heterocycles. The van der Waals surface area contributed by atoms with Crippen LogP contribution in [-0.2, 0) is 9.53 Å². The third-order valence-corrected chi connectivity index (χ3v) is 3.96. The summed E-state index contributed by atoms with van der Waals surface area (Å²) in [7, 11) is 0. The molecule has 1 aromatic carbocycles. The molecule has 0 unspecified atom stereocenters. The number of hydrogen-bond donors (Lipinski definition) is 2.